The molecule has 7 nitrogen and oxygen atoms in total. The number of hydrogen-bond acceptors (Lipinski definition) is 7. The maximum absolute atomic E-state index is 11.7. The number of benzene rings is 3. The van der Waals surface area contributed by atoms with Crippen molar-refractivity contribution in [3.63, 3.8) is 0 Å². The summed E-state index contributed by atoms with van der Waals surface area (Å²) >= 11 is 0. The molecule has 3 atom stereocenters. The van der Waals surface area contributed by atoms with Crippen LogP contribution in [0.4, 0.5) is 0 Å². The van der Waals surface area contributed by atoms with Gasteiger partial charge >= 0.3 is 0 Å². The van der Waals surface area contributed by atoms with Crippen molar-refractivity contribution in [2.45, 2.75) is 87.6 Å². The van der Waals surface area contributed by atoms with Crippen molar-refractivity contribution in [2.24, 2.45) is 5.92 Å². The highest BCUT2D eigenvalue weighted by Gasteiger charge is 2.62. The third kappa shape index (κ3) is 6.40. The first-order chi connectivity index (χ1) is 22.1. The molecule has 3 aliphatic heterocycles. The average Bonchev–Trinajstić information content (AvgIpc) is 4.02. The first-order valence-electron chi connectivity index (χ1n) is 16.9. The van der Waals surface area contributed by atoms with Crippen molar-refractivity contribution in [1.82, 2.24) is 0 Å². The molecule has 1 saturated carbocycles. The third-order valence-corrected chi connectivity index (χ3v) is 11.2. The zero-order valence-electron chi connectivity index (χ0n) is 27.6. The topological polar surface area (TPSA) is 82.2 Å². The van der Waals surface area contributed by atoms with Crippen LogP contribution in [-0.2, 0) is 25.0 Å². The summed E-state index contributed by atoms with van der Waals surface area (Å²) in [6, 6.07) is 25.1. The van der Waals surface area contributed by atoms with E-state index in [2.05, 4.69) is 76.2 Å². The lowest BCUT2D eigenvalue weighted by molar-refractivity contribution is -0.325. The number of rotatable bonds is 13. The molecule has 1 N–H and O–H groups in total. The smallest absolute Gasteiger partial charge is 0.150 e. The lowest BCUT2D eigenvalue weighted by atomic mass is 9.60. The van der Waals surface area contributed by atoms with Crippen LogP contribution >= 0.6 is 0 Å². The van der Waals surface area contributed by atoms with Gasteiger partial charge in [0.05, 0.1) is 19.8 Å². The van der Waals surface area contributed by atoms with Crippen molar-refractivity contribution in [3.8, 4) is 17.2 Å². The highest BCUT2D eigenvalue weighted by molar-refractivity contribution is 5.42. The molecule has 1 aliphatic carbocycles. The van der Waals surface area contributed by atoms with Crippen molar-refractivity contribution < 1.29 is 33.5 Å². The van der Waals surface area contributed by atoms with Gasteiger partial charge in [-0.15, -0.1) is 0 Å². The molecule has 3 saturated heterocycles. The monoisotopic (exact) mass is 628 g/mol. The predicted molar refractivity (Wildman–Crippen MR) is 176 cm³/mol. The molecule has 7 heteroatoms. The molecule has 3 aromatic rings. The van der Waals surface area contributed by atoms with Crippen LogP contribution in [-0.4, -0.2) is 68.2 Å². The molecule has 0 amide bonds. The first-order valence-corrected chi connectivity index (χ1v) is 16.9. The van der Waals surface area contributed by atoms with E-state index in [-0.39, 0.29) is 29.6 Å². The fourth-order valence-electron chi connectivity index (χ4n) is 7.26. The van der Waals surface area contributed by atoms with Crippen LogP contribution in [0.3, 0.4) is 0 Å². The lowest BCUT2D eigenvalue weighted by Crippen LogP contribution is -2.72. The summed E-state index contributed by atoms with van der Waals surface area (Å²) in [5.74, 6) is 3.01. The van der Waals surface area contributed by atoms with Gasteiger partial charge in [0.2, 0.25) is 0 Å². The highest BCUT2D eigenvalue weighted by atomic mass is 16.6. The SMILES string of the molecule is CC(C)(c1ccc(OCC2CO2)cc1)c1ccc(OCC2(O)COC23CCC(C(C)(C)c2ccc(OCC4CO4)cc2)CC3)cc1. The molecule has 0 bridgehead atoms. The quantitative estimate of drug-likeness (QED) is 0.213. The van der Waals surface area contributed by atoms with Gasteiger partial charge in [0.15, 0.2) is 5.60 Å². The van der Waals surface area contributed by atoms with Crippen LogP contribution in [0, 0.1) is 5.92 Å². The molecule has 4 fully saturated rings. The molecular weight excluding hydrogens is 580 g/mol. The molecule has 0 aromatic heterocycles. The number of aliphatic hydroxyl groups is 1. The summed E-state index contributed by atoms with van der Waals surface area (Å²) in [4.78, 5) is 0. The zero-order valence-corrected chi connectivity index (χ0v) is 27.6. The van der Waals surface area contributed by atoms with E-state index in [1.54, 1.807) is 0 Å². The fourth-order valence-corrected chi connectivity index (χ4v) is 7.26. The van der Waals surface area contributed by atoms with E-state index in [0.717, 1.165) is 56.1 Å². The maximum atomic E-state index is 11.7. The van der Waals surface area contributed by atoms with Gasteiger partial charge in [-0.2, -0.15) is 0 Å². The van der Waals surface area contributed by atoms with E-state index in [9.17, 15) is 5.11 Å². The number of ether oxygens (including phenoxy) is 6. The van der Waals surface area contributed by atoms with Crippen LogP contribution < -0.4 is 14.2 Å². The Hall–Kier alpha value is -3.10. The van der Waals surface area contributed by atoms with E-state index in [4.69, 9.17) is 28.4 Å². The fraction of sp³-hybridized carbons (Fsp3) is 0.538. The van der Waals surface area contributed by atoms with Gasteiger partial charge in [-0.05, 0) is 90.1 Å². The maximum Gasteiger partial charge on any atom is 0.150 e. The van der Waals surface area contributed by atoms with E-state index in [0.29, 0.717) is 25.7 Å². The summed E-state index contributed by atoms with van der Waals surface area (Å²) < 4.78 is 34.5. The van der Waals surface area contributed by atoms with Crippen molar-refractivity contribution in [2.75, 3.05) is 39.6 Å². The van der Waals surface area contributed by atoms with Crippen LogP contribution in [0.15, 0.2) is 72.8 Å². The molecule has 1 spiro atoms. The van der Waals surface area contributed by atoms with Crippen molar-refractivity contribution >= 4 is 0 Å². The molecule has 0 radical (unpaired) electrons. The summed E-state index contributed by atoms with van der Waals surface area (Å²) in [6.45, 7) is 12.5. The van der Waals surface area contributed by atoms with Crippen molar-refractivity contribution in [1.29, 1.82) is 0 Å². The van der Waals surface area contributed by atoms with Crippen LogP contribution in [0.1, 0.15) is 70.1 Å². The second-order valence-electron chi connectivity index (χ2n) is 14.8. The van der Waals surface area contributed by atoms with Crippen molar-refractivity contribution in [3.05, 3.63) is 89.5 Å². The molecule has 7 rings (SSSR count). The molecule has 3 aromatic carbocycles. The van der Waals surface area contributed by atoms with Crippen LogP contribution in [0.25, 0.3) is 0 Å². The van der Waals surface area contributed by atoms with Gasteiger partial charge < -0.3 is 33.5 Å². The van der Waals surface area contributed by atoms with Gasteiger partial charge in [-0.25, -0.2) is 0 Å². The van der Waals surface area contributed by atoms with Gasteiger partial charge in [0, 0.05) is 5.41 Å². The predicted octanol–water partition coefficient (Wildman–Crippen LogP) is 6.61. The van der Waals surface area contributed by atoms with Crippen LogP contribution in [0.2, 0.25) is 0 Å². The Morgan fingerprint density at radius 1 is 0.674 bits per heavy atom. The normalized spacial score (nSPS) is 28.8. The third-order valence-electron chi connectivity index (χ3n) is 11.2. The van der Waals surface area contributed by atoms with E-state index >= 15 is 0 Å². The Balaban J connectivity index is 0.920. The average molecular weight is 629 g/mol. The summed E-state index contributed by atoms with van der Waals surface area (Å²) in [5.41, 5.74) is 2.02. The first kappa shape index (κ1) is 31.5. The van der Waals surface area contributed by atoms with Gasteiger partial charge in [-0.1, -0.05) is 64.1 Å². The second kappa shape index (κ2) is 12.2. The van der Waals surface area contributed by atoms with E-state index in [1.165, 1.54) is 16.7 Å². The Morgan fingerprint density at radius 2 is 1.11 bits per heavy atom. The molecule has 246 valence electrons. The number of epoxide rings is 2. The van der Waals surface area contributed by atoms with Crippen LogP contribution in [0.5, 0.6) is 17.2 Å². The minimum atomic E-state index is -0.986. The highest BCUT2D eigenvalue weighted by Crippen LogP contribution is 2.52. The molecule has 3 unspecified atom stereocenters. The Labute approximate surface area is 273 Å². The Bertz CT molecular complexity index is 1460. The zero-order chi connectivity index (χ0) is 32.0. The summed E-state index contributed by atoms with van der Waals surface area (Å²) in [7, 11) is 0. The molecule has 4 aliphatic rings. The standard InChI is InChI=1S/C39H48O7/c1-36(2,27-5-11-31(12-6-27)41-21-34-23-43-34)28-9-15-33(16-10-28)45-25-38(40)26-46-39(38)19-17-30(18-20-39)37(3,4)29-7-13-32(14-8-29)42-22-35-24-44-35/h5-16,30,34-35,40H,17-26H2,1-4H3. The van der Waals surface area contributed by atoms with E-state index < -0.39 is 11.2 Å². The minimum absolute atomic E-state index is 0.00885. The van der Waals surface area contributed by atoms with Gasteiger partial charge in [-0.3, -0.25) is 0 Å². The lowest BCUT2D eigenvalue weighted by Gasteiger charge is -2.58. The molecule has 3 heterocycles. The summed E-state index contributed by atoms with van der Waals surface area (Å²) in [5, 5.41) is 11.7. The molecule has 46 heavy (non-hydrogen) atoms. The van der Waals surface area contributed by atoms with E-state index in [1.807, 2.05) is 24.3 Å². The minimum Gasteiger partial charge on any atom is -0.491 e. The number of hydrogen-bond donors (Lipinski definition) is 1. The van der Waals surface area contributed by atoms with Gasteiger partial charge in [0.1, 0.15) is 54.9 Å². The largest absolute Gasteiger partial charge is 0.491 e. The molecular formula is C39H48O7. The summed E-state index contributed by atoms with van der Waals surface area (Å²) in [6.07, 6.45) is 4.15. The van der Waals surface area contributed by atoms with Gasteiger partial charge in [0.25, 0.3) is 0 Å². The Kier molecular flexibility index (Phi) is 8.33. The Morgan fingerprint density at radius 3 is 1.52 bits per heavy atom. The second-order valence-corrected chi connectivity index (χ2v) is 14.8.